The number of anilines is 1. The summed E-state index contributed by atoms with van der Waals surface area (Å²) >= 11 is 8.94. The second-order valence-corrected chi connectivity index (χ2v) is 6.17. The van der Waals surface area contributed by atoms with Crippen molar-refractivity contribution in [3.63, 3.8) is 0 Å². The molecular formula is C16H14BrClFNO5. The van der Waals surface area contributed by atoms with Crippen LogP contribution in [-0.2, 0) is 9.59 Å². The molecule has 0 saturated heterocycles. The number of halogens is 3. The van der Waals surface area contributed by atoms with E-state index in [-0.39, 0.29) is 28.7 Å². The Morgan fingerprint density at radius 2 is 2.16 bits per heavy atom. The third-order valence-corrected chi connectivity index (χ3v) is 3.93. The summed E-state index contributed by atoms with van der Waals surface area (Å²) in [5.41, 5.74) is -0.139. The number of hydrogen-bond donors (Lipinski definition) is 2. The Balaban J connectivity index is 2.47. The number of nitrogens with one attached hydrogen (secondary N) is 1. The standard InChI is InChI=1S/C16H14BrClFNO5/c1-8(21)24-15-13(23)14(9-4-2-5-10(18)12(9)19)25-16(15)20-11(22)6-3-7-17/h2,4-5,23H,3,6-7H2,1H3,(H,20,22). The molecule has 0 atom stereocenters. The summed E-state index contributed by atoms with van der Waals surface area (Å²) in [5, 5.41) is 13.1. The van der Waals surface area contributed by atoms with Crippen LogP contribution in [0.5, 0.6) is 11.5 Å². The maximum absolute atomic E-state index is 14.2. The first-order chi connectivity index (χ1) is 11.8. The molecule has 0 unspecified atom stereocenters. The molecule has 0 radical (unpaired) electrons. The highest BCUT2D eigenvalue weighted by Crippen LogP contribution is 2.47. The Kier molecular flexibility index (Phi) is 6.44. The number of rotatable bonds is 6. The molecule has 0 spiro atoms. The van der Waals surface area contributed by atoms with Gasteiger partial charge in [-0.25, -0.2) is 4.39 Å². The van der Waals surface area contributed by atoms with Gasteiger partial charge in [0.1, 0.15) is 0 Å². The first-order valence-electron chi connectivity index (χ1n) is 7.19. The topological polar surface area (TPSA) is 88.8 Å². The van der Waals surface area contributed by atoms with Crippen LogP contribution in [0.2, 0.25) is 5.02 Å². The number of alkyl halides is 1. The molecular weight excluding hydrogens is 421 g/mol. The molecule has 134 valence electrons. The van der Waals surface area contributed by atoms with Crippen molar-refractivity contribution in [3.8, 4) is 22.8 Å². The van der Waals surface area contributed by atoms with Crippen LogP contribution < -0.4 is 10.1 Å². The summed E-state index contributed by atoms with van der Waals surface area (Å²) in [7, 11) is 0. The average Bonchev–Trinajstić information content (AvgIpc) is 2.84. The van der Waals surface area contributed by atoms with E-state index >= 15 is 0 Å². The van der Waals surface area contributed by atoms with Crippen LogP contribution in [0.25, 0.3) is 11.3 Å². The van der Waals surface area contributed by atoms with Gasteiger partial charge in [0.15, 0.2) is 11.6 Å². The quantitative estimate of drug-likeness (QED) is 0.517. The lowest BCUT2D eigenvalue weighted by Gasteiger charge is -2.04. The lowest BCUT2D eigenvalue weighted by atomic mass is 10.1. The Morgan fingerprint density at radius 3 is 2.80 bits per heavy atom. The summed E-state index contributed by atoms with van der Waals surface area (Å²) < 4.78 is 24.4. The number of furan rings is 1. The third-order valence-electron chi connectivity index (χ3n) is 3.07. The molecule has 2 aromatic rings. The van der Waals surface area contributed by atoms with Crippen molar-refractivity contribution in [1.82, 2.24) is 0 Å². The predicted molar refractivity (Wildman–Crippen MR) is 93.7 cm³/mol. The lowest BCUT2D eigenvalue weighted by molar-refractivity contribution is -0.132. The van der Waals surface area contributed by atoms with Gasteiger partial charge in [-0.1, -0.05) is 33.6 Å². The van der Waals surface area contributed by atoms with Crippen LogP contribution in [-0.4, -0.2) is 22.3 Å². The summed E-state index contributed by atoms with van der Waals surface area (Å²) in [4.78, 5) is 23.1. The van der Waals surface area contributed by atoms with E-state index in [1.165, 1.54) is 18.2 Å². The van der Waals surface area contributed by atoms with Crippen LogP contribution in [0.1, 0.15) is 19.8 Å². The fraction of sp³-hybridized carbons (Fsp3) is 0.250. The van der Waals surface area contributed by atoms with Gasteiger partial charge in [0.25, 0.3) is 0 Å². The number of carbonyl (C=O) groups excluding carboxylic acids is 2. The molecule has 0 aliphatic heterocycles. The zero-order valence-electron chi connectivity index (χ0n) is 13.1. The molecule has 1 heterocycles. The smallest absolute Gasteiger partial charge is 0.308 e. The molecule has 0 fully saturated rings. The van der Waals surface area contributed by atoms with Gasteiger partial charge in [0, 0.05) is 18.7 Å². The normalized spacial score (nSPS) is 10.6. The summed E-state index contributed by atoms with van der Waals surface area (Å²) in [6, 6.07) is 4.12. The molecule has 9 heteroatoms. The van der Waals surface area contributed by atoms with E-state index in [1.807, 2.05) is 0 Å². The molecule has 0 aliphatic rings. The zero-order chi connectivity index (χ0) is 18.6. The Hall–Kier alpha value is -2.06. The van der Waals surface area contributed by atoms with Crippen LogP contribution >= 0.6 is 27.5 Å². The number of benzene rings is 1. The molecule has 1 aromatic heterocycles. The molecule has 1 aromatic carbocycles. The minimum atomic E-state index is -0.820. The Morgan fingerprint density at radius 1 is 1.44 bits per heavy atom. The number of aromatic hydroxyl groups is 1. The largest absolute Gasteiger partial charge is 0.502 e. The first-order valence-corrected chi connectivity index (χ1v) is 8.69. The summed E-state index contributed by atoms with van der Waals surface area (Å²) in [6.07, 6.45) is 0.740. The second-order valence-electron chi connectivity index (χ2n) is 4.97. The van der Waals surface area contributed by atoms with Crippen molar-refractivity contribution in [2.45, 2.75) is 19.8 Å². The van der Waals surface area contributed by atoms with Gasteiger partial charge in [-0.3, -0.25) is 14.9 Å². The fourth-order valence-corrected chi connectivity index (χ4v) is 2.46. The third kappa shape index (κ3) is 4.52. The minimum absolute atomic E-state index is 0.139. The van der Waals surface area contributed by atoms with Crippen molar-refractivity contribution in [1.29, 1.82) is 0 Å². The van der Waals surface area contributed by atoms with E-state index in [2.05, 4.69) is 21.2 Å². The van der Waals surface area contributed by atoms with E-state index in [0.29, 0.717) is 11.8 Å². The fourth-order valence-electron chi connectivity index (χ4n) is 2.01. The van der Waals surface area contributed by atoms with Gasteiger partial charge < -0.3 is 14.3 Å². The van der Waals surface area contributed by atoms with Crippen molar-refractivity contribution < 1.29 is 28.2 Å². The molecule has 6 nitrogen and oxygen atoms in total. The SMILES string of the molecule is CC(=O)Oc1c(NC(=O)CCCBr)oc(-c2cccc(Cl)c2F)c1O. The number of amides is 1. The number of ether oxygens (including phenoxy) is 1. The Labute approximate surface area is 156 Å². The molecule has 25 heavy (non-hydrogen) atoms. The average molecular weight is 435 g/mol. The molecule has 1 amide bonds. The lowest BCUT2D eigenvalue weighted by Crippen LogP contribution is -2.12. The monoisotopic (exact) mass is 433 g/mol. The van der Waals surface area contributed by atoms with Crippen molar-refractivity contribution >= 4 is 45.3 Å². The maximum atomic E-state index is 14.2. The minimum Gasteiger partial charge on any atom is -0.502 e. The van der Waals surface area contributed by atoms with E-state index in [0.717, 1.165) is 6.92 Å². The van der Waals surface area contributed by atoms with Gasteiger partial charge in [0.2, 0.25) is 23.3 Å². The summed E-state index contributed by atoms with van der Waals surface area (Å²) in [6.45, 7) is 1.11. The first kappa shape index (κ1) is 19.3. The van der Waals surface area contributed by atoms with Crippen molar-refractivity contribution in [2.24, 2.45) is 0 Å². The van der Waals surface area contributed by atoms with Crippen LogP contribution in [0.4, 0.5) is 10.3 Å². The van der Waals surface area contributed by atoms with Gasteiger partial charge in [0.05, 0.1) is 10.6 Å². The number of hydrogen-bond acceptors (Lipinski definition) is 5. The molecule has 0 saturated carbocycles. The van der Waals surface area contributed by atoms with E-state index in [1.54, 1.807) is 0 Å². The highest BCUT2D eigenvalue weighted by Gasteiger charge is 2.27. The number of esters is 1. The predicted octanol–water partition coefficient (Wildman–Crippen LogP) is 4.48. The molecule has 2 rings (SSSR count). The highest BCUT2D eigenvalue weighted by atomic mass is 79.9. The van der Waals surface area contributed by atoms with Gasteiger partial charge in [-0.2, -0.15) is 0 Å². The van der Waals surface area contributed by atoms with Crippen LogP contribution in [0.3, 0.4) is 0 Å². The van der Waals surface area contributed by atoms with Gasteiger partial charge >= 0.3 is 5.97 Å². The molecule has 0 bridgehead atoms. The van der Waals surface area contributed by atoms with E-state index in [4.69, 9.17) is 20.8 Å². The van der Waals surface area contributed by atoms with Crippen molar-refractivity contribution in [2.75, 3.05) is 10.6 Å². The van der Waals surface area contributed by atoms with Crippen LogP contribution in [0, 0.1) is 5.82 Å². The van der Waals surface area contributed by atoms with Crippen LogP contribution in [0.15, 0.2) is 22.6 Å². The second kappa shape index (κ2) is 8.35. The number of carbonyl (C=O) groups is 2. The summed E-state index contributed by atoms with van der Waals surface area (Å²) in [5.74, 6) is -3.60. The highest BCUT2D eigenvalue weighted by molar-refractivity contribution is 9.09. The Bertz CT molecular complexity index is 808. The van der Waals surface area contributed by atoms with E-state index in [9.17, 15) is 19.1 Å². The van der Waals surface area contributed by atoms with Gasteiger partial charge in [-0.15, -0.1) is 0 Å². The molecule has 2 N–H and O–H groups in total. The maximum Gasteiger partial charge on any atom is 0.308 e. The zero-order valence-corrected chi connectivity index (χ0v) is 15.4. The van der Waals surface area contributed by atoms with E-state index < -0.39 is 29.2 Å². The van der Waals surface area contributed by atoms with Gasteiger partial charge in [-0.05, 0) is 18.6 Å². The van der Waals surface area contributed by atoms with Crippen molar-refractivity contribution in [3.05, 3.63) is 29.0 Å². The molecule has 0 aliphatic carbocycles.